The van der Waals surface area contributed by atoms with E-state index in [9.17, 15) is 9.59 Å². The van der Waals surface area contributed by atoms with Crippen LogP contribution in [0.5, 0.6) is 5.75 Å². The minimum atomic E-state index is -0.0703. The third kappa shape index (κ3) is 4.77. The first-order chi connectivity index (χ1) is 11.4. The SMILES string of the molecule is COc1ccc(CC(=O)N2CCN(C(=O)NC(C)C)CC2)cc1Cl. The van der Waals surface area contributed by atoms with E-state index in [1.807, 2.05) is 19.9 Å². The molecule has 1 saturated heterocycles. The van der Waals surface area contributed by atoms with E-state index in [0.717, 1.165) is 5.56 Å². The Labute approximate surface area is 147 Å². The number of nitrogens with one attached hydrogen (secondary N) is 1. The maximum absolute atomic E-state index is 12.4. The van der Waals surface area contributed by atoms with Gasteiger partial charge in [0.25, 0.3) is 0 Å². The fraction of sp³-hybridized carbons (Fsp3) is 0.529. The second kappa shape index (κ2) is 8.24. The molecule has 1 heterocycles. The molecule has 0 aliphatic carbocycles. The van der Waals surface area contributed by atoms with Crippen LogP contribution in [0.25, 0.3) is 0 Å². The minimum absolute atomic E-state index is 0.0418. The highest BCUT2D eigenvalue weighted by atomic mass is 35.5. The molecule has 0 aromatic heterocycles. The van der Waals surface area contributed by atoms with Crippen molar-refractivity contribution in [2.75, 3.05) is 33.3 Å². The number of hydrogen-bond donors (Lipinski definition) is 1. The van der Waals surface area contributed by atoms with E-state index in [4.69, 9.17) is 16.3 Å². The second-order valence-corrected chi connectivity index (χ2v) is 6.52. The van der Waals surface area contributed by atoms with Crippen LogP contribution in [0.4, 0.5) is 4.79 Å². The summed E-state index contributed by atoms with van der Waals surface area (Å²) in [4.78, 5) is 27.9. The molecule has 1 aromatic rings. The molecule has 1 aliphatic heterocycles. The lowest BCUT2D eigenvalue weighted by molar-refractivity contribution is -0.131. The van der Waals surface area contributed by atoms with E-state index < -0.39 is 0 Å². The predicted octanol–water partition coefficient (Wildman–Crippen LogP) is 2.15. The van der Waals surface area contributed by atoms with Gasteiger partial charge < -0.3 is 19.9 Å². The van der Waals surface area contributed by atoms with Crippen LogP contribution in [-0.2, 0) is 11.2 Å². The minimum Gasteiger partial charge on any atom is -0.495 e. The highest BCUT2D eigenvalue weighted by Crippen LogP contribution is 2.25. The van der Waals surface area contributed by atoms with Gasteiger partial charge in [0.05, 0.1) is 18.6 Å². The van der Waals surface area contributed by atoms with E-state index in [0.29, 0.717) is 43.4 Å². The standard InChI is InChI=1S/C17H24ClN3O3/c1-12(2)19-17(23)21-8-6-20(7-9-21)16(22)11-13-4-5-15(24-3)14(18)10-13/h4-5,10,12H,6-9,11H2,1-3H3,(H,19,23). The Morgan fingerprint density at radius 3 is 2.38 bits per heavy atom. The van der Waals surface area contributed by atoms with Crippen LogP contribution in [0.15, 0.2) is 18.2 Å². The molecule has 0 atom stereocenters. The fourth-order valence-electron chi connectivity index (χ4n) is 2.60. The molecule has 1 N–H and O–H groups in total. The third-order valence-electron chi connectivity index (χ3n) is 3.90. The van der Waals surface area contributed by atoms with Gasteiger partial charge in [-0.05, 0) is 31.5 Å². The summed E-state index contributed by atoms with van der Waals surface area (Å²) in [5.74, 6) is 0.637. The summed E-state index contributed by atoms with van der Waals surface area (Å²) >= 11 is 6.09. The molecular formula is C17H24ClN3O3. The summed E-state index contributed by atoms with van der Waals surface area (Å²) in [6, 6.07) is 5.40. The molecule has 1 fully saturated rings. The maximum atomic E-state index is 12.4. The molecule has 24 heavy (non-hydrogen) atoms. The normalized spacial score (nSPS) is 14.7. The Hall–Kier alpha value is -1.95. The Balaban J connectivity index is 1.86. The van der Waals surface area contributed by atoms with Crippen molar-refractivity contribution >= 4 is 23.5 Å². The molecule has 0 spiro atoms. The van der Waals surface area contributed by atoms with Crippen molar-refractivity contribution in [3.63, 3.8) is 0 Å². The lowest BCUT2D eigenvalue weighted by Gasteiger charge is -2.35. The number of nitrogens with zero attached hydrogens (tertiary/aromatic N) is 2. The van der Waals surface area contributed by atoms with Gasteiger partial charge in [-0.25, -0.2) is 4.79 Å². The van der Waals surface area contributed by atoms with Gasteiger partial charge in [0.2, 0.25) is 5.91 Å². The van der Waals surface area contributed by atoms with Gasteiger partial charge >= 0.3 is 6.03 Å². The summed E-state index contributed by atoms with van der Waals surface area (Å²) in [6.07, 6.45) is 0.294. The van der Waals surface area contributed by atoms with Crippen LogP contribution in [0.3, 0.4) is 0 Å². The molecule has 0 bridgehead atoms. The summed E-state index contributed by atoms with van der Waals surface area (Å²) in [6.45, 7) is 6.05. The number of methoxy groups -OCH3 is 1. The molecule has 132 valence electrons. The smallest absolute Gasteiger partial charge is 0.317 e. The van der Waals surface area contributed by atoms with Gasteiger partial charge in [-0.2, -0.15) is 0 Å². The van der Waals surface area contributed by atoms with Crippen LogP contribution in [-0.4, -0.2) is 61.1 Å². The van der Waals surface area contributed by atoms with Crippen LogP contribution in [0.1, 0.15) is 19.4 Å². The fourth-order valence-corrected chi connectivity index (χ4v) is 2.88. The number of ether oxygens (including phenoxy) is 1. The van der Waals surface area contributed by atoms with E-state index in [2.05, 4.69) is 5.32 Å². The number of piperazine rings is 1. The molecule has 1 aliphatic rings. The van der Waals surface area contributed by atoms with E-state index in [-0.39, 0.29) is 18.0 Å². The average Bonchev–Trinajstić information content (AvgIpc) is 2.54. The quantitative estimate of drug-likeness (QED) is 0.902. The summed E-state index contributed by atoms with van der Waals surface area (Å²) in [5.41, 5.74) is 0.853. The maximum Gasteiger partial charge on any atom is 0.317 e. The number of halogens is 1. The van der Waals surface area contributed by atoms with Crippen molar-refractivity contribution < 1.29 is 14.3 Å². The summed E-state index contributed by atoms with van der Waals surface area (Å²) < 4.78 is 5.11. The predicted molar refractivity (Wildman–Crippen MR) is 93.5 cm³/mol. The molecule has 0 saturated carbocycles. The summed E-state index contributed by atoms with van der Waals surface area (Å²) in [7, 11) is 1.56. The van der Waals surface area contributed by atoms with E-state index in [1.54, 1.807) is 29.0 Å². The zero-order valence-corrected chi connectivity index (χ0v) is 15.1. The van der Waals surface area contributed by atoms with Crippen LogP contribution >= 0.6 is 11.6 Å². The number of amides is 3. The highest BCUT2D eigenvalue weighted by molar-refractivity contribution is 6.32. The number of hydrogen-bond acceptors (Lipinski definition) is 3. The van der Waals surface area contributed by atoms with E-state index in [1.165, 1.54) is 0 Å². The molecule has 0 unspecified atom stereocenters. The van der Waals surface area contributed by atoms with Crippen molar-refractivity contribution in [3.05, 3.63) is 28.8 Å². The first-order valence-electron chi connectivity index (χ1n) is 8.06. The molecule has 0 radical (unpaired) electrons. The van der Waals surface area contributed by atoms with E-state index >= 15 is 0 Å². The van der Waals surface area contributed by atoms with Crippen LogP contribution in [0, 0.1) is 0 Å². The Kier molecular flexibility index (Phi) is 6.31. The summed E-state index contributed by atoms with van der Waals surface area (Å²) in [5, 5.41) is 3.37. The zero-order valence-electron chi connectivity index (χ0n) is 14.3. The Bertz CT molecular complexity index is 599. The van der Waals surface area contributed by atoms with Crippen molar-refractivity contribution in [3.8, 4) is 5.75 Å². The lowest BCUT2D eigenvalue weighted by Crippen LogP contribution is -2.54. The van der Waals surface area contributed by atoms with Crippen molar-refractivity contribution in [1.29, 1.82) is 0 Å². The zero-order chi connectivity index (χ0) is 17.7. The Morgan fingerprint density at radius 1 is 1.21 bits per heavy atom. The Morgan fingerprint density at radius 2 is 1.83 bits per heavy atom. The number of carbonyl (C=O) groups excluding carboxylic acids is 2. The van der Waals surface area contributed by atoms with Gasteiger partial charge in [-0.3, -0.25) is 4.79 Å². The molecule has 3 amide bonds. The third-order valence-corrected chi connectivity index (χ3v) is 4.20. The molecule has 2 rings (SSSR count). The number of urea groups is 1. The number of benzene rings is 1. The first kappa shape index (κ1) is 18.4. The molecule has 1 aromatic carbocycles. The second-order valence-electron chi connectivity index (χ2n) is 6.12. The van der Waals surface area contributed by atoms with Crippen molar-refractivity contribution in [1.82, 2.24) is 15.1 Å². The van der Waals surface area contributed by atoms with Crippen LogP contribution in [0.2, 0.25) is 5.02 Å². The van der Waals surface area contributed by atoms with Crippen LogP contribution < -0.4 is 10.1 Å². The van der Waals surface area contributed by atoms with Gasteiger partial charge in [0.1, 0.15) is 5.75 Å². The monoisotopic (exact) mass is 353 g/mol. The first-order valence-corrected chi connectivity index (χ1v) is 8.44. The average molecular weight is 354 g/mol. The lowest BCUT2D eigenvalue weighted by atomic mass is 10.1. The molecule has 7 heteroatoms. The molecular weight excluding hydrogens is 330 g/mol. The van der Waals surface area contributed by atoms with Crippen molar-refractivity contribution in [2.45, 2.75) is 26.3 Å². The van der Waals surface area contributed by atoms with Gasteiger partial charge in [0, 0.05) is 32.2 Å². The van der Waals surface area contributed by atoms with Crippen molar-refractivity contribution in [2.24, 2.45) is 0 Å². The largest absolute Gasteiger partial charge is 0.495 e. The highest BCUT2D eigenvalue weighted by Gasteiger charge is 2.24. The molecule has 6 nitrogen and oxygen atoms in total. The van der Waals surface area contributed by atoms with Gasteiger partial charge in [0.15, 0.2) is 0 Å². The number of carbonyl (C=O) groups is 2. The topological polar surface area (TPSA) is 61.9 Å². The van der Waals surface area contributed by atoms with Gasteiger partial charge in [-0.15, -0.1) is 0 Å². The number of rotatable bonds is 4. The van der Waals surface area contributed by atoms with Gasteiger partial charge in [-0.1, -0.05) is 17.7 Å².